The Hall–Kier alpha value is -0.940. The average Bonchev–Trinajstić information content (AvgIpc) is 2.37. The van der Waals surface area contributed by atoms with E-state index in [1.165, 1.54) is 6.33 Å². The first-order valence-electron chi connectivity index (χ1n) is 3.80. The van der Waals surface area contributed by atoms with E-state index in [-0.39, 0.29) is 6.10 Å². The molecule has 1 atom stereocenters. The number of hydrogen-bond donors (Lipinski definition) is 1. The molecule has 0 aliphatic rings. The molecule has 1 unspecified atom stereocenters. The minimum absolute atomic E-state index is 0.335. The van der Waals surface area contributed by atoms with Crippen LogP contribution in [0.5, 0.6) is 0 Å². The van der Waals surface area contributed by atoms with Crippen LogP contribution in [0, 0.1) is 0 Å². The SMILES string of the molecule is CC(O)CN(C)Cc1ncno1. The van der Waals surface area contributed by atoms with Gasteiger partial charge in [-0.1, -0.05) is 5.16 Å². The van der Waals surface area contributed by atoms with E-state index in [2.05, 4.69) is 10.1 Å². The number of rotatable bonds is 4. The van der Waals surface area contributed by atoms with Gasteiger partial charge in [-0.3, -0.25) is 4.90 Å². The summed E-state index contributed by atoms with van der Waals surface area (Å²) in [5, 5.41) is 12.5. The summed E-state index contributed by atoms with van der Waals surface area (Å²) in [6.07, 6.45) is 1.03. The highest BCUT2D eigenvalue weighted by Crippen LogP contribution is 1.97. The molecule has 68 valence electrons. The lowest BCUT2D eigenvalue weighted by Gasteiger charge is -2.15. The van der Waals surface area contributed by atoms with Crippen LogP contribution >= 0.6 is 0 Å². The number of nitrogens with zero attached hydrogens (tertiary/aromatic N) is 3. The number of aliphatic hydroxyl groups is 1. The van der Waals surface area contributed by atoms with Crippen LogP contribution in [0.2, 0.25) is 0 Å². The minimum Gasteiger partial charge on any atom is -0.392 e. The van der Waals surface area contributed by atoms with Crippen LogP contribution < -0.4 is 0 Å². The molecule has 0 bridgehead atoms. The predicted octanol–water partition coefficient (Wildman–Crippen LogP) is -0.118. The van der Waals surface area contributed by atoms with Crippen molar-refractivity contribution in [2.45, 2.75) is 19.6 Å². The zero-order valence-electron chi connectivity index (χ0n) is 7.27. The van der Waals surface area contributed by atoms with E-state index < -0.39 is 0 Å². The standard InChI is InChI=1S/C7H13N3O2/c1-6(11)3-10(2)4-7-8-5-9-12-7/h5-6,11H,3-4H2,1-2H3. The van der Waals surface area contributed by atoms with Crippen molar-refractivity contribution in [2.24, 2.45) is 0 Å². The van der Waals surface area contributed by atoms with Crippen LogP contribution in [0.1, 0.15) is 12.8 Å². The van der Waals surface area contributed by atoms with Gasteiger partial charge in [-0.15, -0.1) is 0 Å². The van der Waals surface area contributed by atoms with Gasteiger partial charge in [0.1, 0.15) is 0 Å². The van der Waals surface area contributed by atoms with Crippen LogP contribution in [0.3, 0.4) is 0 Å². The van der Waals surface area contributed by atoms with Gasteiger partial charge in [-0.2, -0.15) is 4.98 Å². The zero-order valence-corrected chi connectivity index (χ0v) is 7.27. The van der Waals surface area contributed by atoms with E-state index in [0.29, 0.717) is 19.0 Å². The minimum atomic E-state index is -0.335. The molecular formula is C7H13N3O2. The molecule has 0 aromatic carbocycles. The Morgan fingerprint density at radius 3 is 3.00 bits per heavy atom. The Bertz CT molecular complexity index is 210. The van der Waals surface area contributed by atoms with Crippen molar-refractivity contribution in [3.63, 3.8) is 0 Å². The van der Waals surface area contributed by atoms with Crippen molar-refractivity contribution in [1.82, 2.24) is 15.0 Å². The summed E-state index contributed by atoms with van der Waals surface area (Å²) in [7, 11) is 1.89. The summed E-state index contributed by atoms with van der Waals surface area (Å²) in [5.41, 5.74) is 0. The Kier molecular flexibility index (Phi) is 3.19. The molecule has 1 aromatic heterocycles. The van der Waals surface area contributed by atoms with Gasteiger partial charge < -0.3 is 9.63 Å². The fourth-order valence-electron chi connectivity index (χ4n) is 1.01. The first-order valence-corrected chi connectivity index (χ1v) is 3.80. The first-order chi connectivity index (χ1) is 5.68. The molecule has 0 fully saturated rings. The van der Waals surface area contributed by atoms with Crippen LogP contribution in [0.4, 0.5) is 0 Å². The molecule has 1 N–H and O–H groups in total. The van der Waals surface area contributed by atoms with E-state index in [4.69, 9.17) is 9.63 Å². The normalized spacial score (nSPS) is 13.7. The first kappa shape index (κ1) is 9.15. The van der Waals surface area contributed by atoms with Crippen LogP contribution in [0.25, 0.3) is 0 Å². The molecule has 0 saturated heterocycles. The smallest absolute Gasteiger partial charge is 0.240 e. The van der Waals surface area contributed by atoms with Crippen LogP contribution in [-0.4, -0.2) is 39.8 Å². The third-order valence-corrected chi connectivity index (χ3v) is 1.39. The predicted molar refractivity (Wildman–Crippen MR) is 42.3 cm³/mol. The zero-order chi connectivity index (χ0) is 8.97. The lowest BCUT2D eigenvalue weighted by molar-refractivity contribution is 0.131. The number of aromatic nitrogens is 2. The summed E-state index contributed by atoms with van der Waals surface area (Å²) in [5.74, 6) is 0.568. The average molecular weight is 171 g/mol. The highest BCUT2D eigenvalue weighted by atomic mass is 16.5. The summed E-state index contributed by atoms with van der Waals surface area (Å²) >= 11 is 0. The van der Waals surface area contributed by atoms with Gasteiger partial charge in [0.2, 0.25) is 5.89 Å². The molecule has 0 spiro atoms. The molecule has 0 radical (unpaired) electrons. The van der Waals surface area contributed by atoms with E-state index >= 15 is 0 Å². The summed E-state index contributed by atoms with van der Waals surface area (Å²) in [4.78, 5) is 5.78. The van der Waals surface area contributed by atoms with E-state index in [9.17, 15) is 0 Å². The lowest BCUT2D eigenvalue weighted by Crippen LogP contribution is -2.26. The third kappa shape index (κ3) is 2.98. The lowest BCUT2D eigenvalue weighted by atomic mass is 10.4. The molecular weight excluding hydrogens is 158 g/mol. The second-order valence-corrected chi connectivity index (χ2v) is 2.88. The van der Waals surface area contributed by atoms with Crippen molar-refractivity contribution in [3.8, 4) is 0 Å². The van der Waals surface area contributed by atoms with Gasteiger partial charge in [-0.05, 0) is 14.0 Å². The molecule has 5 nitrogen and oxygen atoms in total. The van der Waals surface area contributed by atoms with Crippen molar-refractivity contribution in [3.05, 3.63) is 12.2 Å². The highest BCUT2D eigenvalue weighted by molar-refractivity contribution is 4.73. The van der Waals surface area contributed by atoms with Crippen molar-refractivity contribution >= 4 is 0 Å². The second kappa shape index (κ2) is 4.18. The Morgan fingerprint density at radius 2 is 2.50 bits per heavy atom. The Morgan fingerprint density at radius 1 is 1.75 bits per heavy atom. The molecule has 0 saturated carbocycles. The van der Waals surface area contributed by atoms with Gasteiger partial charge in [0.05, 0.1) is 12.6 Å². The highest BCUT2D eigenvalue weighted by Gasteiger charge is 2.06. The van der Waals surface area contributed by atoms with E-state index in [0.717, 1.165) is 0 Å². The van der Waals surface area contributed by atoms with Gasteiger partial charge in [0, 0.05) is 6.54 Å². The molecule has 5 heteroatoms. The molecule has 1 rings (SSSR count). The van der Waals surface area contributed by atoms with Crippen molar-refractivity contribution < 1.29 is 9.63 Å². The monoisotopic (exact) mass is 171 g/mol. The largest absolute Gasteiger partial charge is 0.392 e. The maximum atomic E-state index is 9.04. The van der Waals surface area contributed by atoms with Crippen LogP contribution in [-0.2, 0) is 6.54 Å². The second-order valence-electron chi connectivity index (χ2n) is 2.88. The summed E-state index contributed by atoms with van der Waals surface area (Å²) in [6, 6.07) is 0. The third-order valence-electron chi connectivity index (χ3n) is 1.39. The van der Waals surface area contributed by atoms with Gasteiger partial charge in [-0.25, -0.2) is 0 Å². The fraction of sp³-hybridized carbons (Fsp3) is 0.714. The maximum Gasteiger partial charge on any atom is 0.240 e. The van der Waals surface area contributed by atoms with Crippen molar-refractivity contribution in [1.29, 1.82) is 0 Å². The van der Waals surface area contributed by atoms with Crippen LogP contribution in [0.15, 0.2) is 10.9 Å². The van der Waals surface area contributed by atoms with E-state index in [1.54, 1.807) is 6.92 Å². The molecule has 1 heterocycles. The number of hydrogen-bond acceptors (Lipinski definition) is 5. The molecule has 0 amide bonds. The molecule has 0 aliphatic carbocycles. The maximum absolute atomic E-state index is 9.04. The Balaban J connectivity index is 2.32. The molecule has 1 aromatic rings. The number of aliphatic hydroxyl groups excluding tert-OH is 1. The fourth-order valence-corrected chi connectivity index (χ4v) is 1.01. The summed E-state index contributed by atoms with van der Waals surface area (Å²) < 4.78 is 4.80. The van der Waals surface area contributed by atoms with Gasteiger partial charge >= 0.3 is 0 Å². The molecule has 0 aliphatic heterocycles. The number of likely N-dealkylation sites (N-methyl/N-ethyl adjacent to an activating group) is 1. The van der Waals surface area contributed by atoms with E-state index in [1.807, 2.05) is 11.9 Å². The van der Waals surface area contributed by atoms with Gasteiger partial charge in [0.15, 0.2) is 6.33 Å². The Labute approximate surface area is 71.0 Å². The topological polar surface area (TPSA) is 62.4 Å². The summed E-state index contributed by atoms with van der Waals surface area (Å²) in [6.45, 7) is 2.91. The quantitative estimate of drug-likeness (QED) is 0.684. The van der Waals surface area contributed by atoms with Gasteiger partial charge in [0.25, 0.3) is 0 Å². The van der Waals surface area contributed by atoms with Crippen molar-refractivity contribution in [2.75, 3.05) is 13.6 Å². The molecule has 12 heavy (non-hydrogen) atoms.